The molecule has 2 aromatic rings. The van der Waals surface area contributed by atoms with Crippen LogP contribution in [-0.4, -0.2) is 36.0 Å². The van der Waals surface area contributed by atoms with Crippen molar-refractivity contribution in [3.05, 3.63) is 65.7 Å². The first-order valence-electron chi connectivity index (χ1n) is 11.6. The second kappa shape index (κ2) is 9.65. The molecule has 1 aliphatic heterocycles. The topological polar surface area (TPSA) is 52.7 Å². The Morgan fingerprint density at radius 2 is 1.68 bits per heavy atom. The van der Waals surface area contributed by atoms with Gasteiger partial charge in [0, 0.05) is 25.2 Å². The number of benzene rings is 2. The molecule has 0 spiro atoms. The van der Waals surface area contributed by atoms with Crippen molar-refractivity contribution < 1.29 is 9.59 Å². The van der Waals surface area contributed by atoms with E-state index in [0.29, 0.717) is 6.42 Å². The lowest BCUT2D eigenvalue weighted by Crippen LogP contribution is -2.59. The second-order valence-electron chi connectivity index (χ2n) is 8.73. The van der Waals surface area contributed by atoms with Crippen LogP contribution in [0.4, 0.5) is 5.69 Å². The number of fused-ring (bicyclic) bond motifs is 1. The van der Waals surface area contributed by atoms with E-state index in [1.54, 1.807) is 4.90 Å². The lowest BCUT2D eigenvalue weighted by atomic mass is 9.89. The molecule has 0 saturated heterocycles. The molecule has 5 nitrogen and oxygen atoms in total. The molecule has 2 aliphatic rings. The average molecular weight is 420 g/mol. The molecule has 1 aliphatic carbocycles. The van der Waals surface area contributed by atoms with Gasteiger partial charge >= 0.3 is 0 Å². The highest BCUT2D eigenvalue weighted by Gasteiger charge is 2.44. The van der Waals surface area contributed by atoms with Crippen LogP contribution in [0.5, 0.6) is 0 Å². The summed E-state index contributed by atoms with van der Waals surface area (Å²) >= 11 is 0. The first kappa shape index (κ1) is 21.6. The number of rotatable bonds is 5. The maximum absolute atomic E-state index is 13.7. The van der Waals surface area contributed by atoms with Crippen LogP contribution < -0.4 is 10.2 Å². The van der Waals surface area contributed by atoms with E-state index in [-0.39, 0.29) is 23.9 Å². The van der Waals surface area contributed by atoms with Crippen LogP contribution in [0.3, 0.4) is 0 Å². The Morgan fingerprint density at radius 3 is 2.39 bits per heavy atom. The summed E-state index contributed by atoms with van der Waals surface area (Å²) in [5, 5.41) is 3.12. The summed E-state index contributed by atoms with van der Waals surface area (Å²) in [6.45, 7) is 1.99. The molecule has 1 unspecified atom stereocenters. The molecule has 5 heteroatoms. The second-order valence-corrected chi connectivity index (χ2v) is 8.73. The van der Waals surface area contributed by atoms with Gasteiger partial charge in [0.2, 0.25) is 5.91 Å². The van der Waals surface area contributed by atoms with Crippen LogP contribution in [0.15, 0.2) is 54.6 Å². The van der Waals surface area contributed by atoms with Crippen molar-refractivity contribution in [1.29, 1.82) is 0 Å². The van der Waals surface area contributed by atoms with E-state index in [1.165, 1.54) is 6.42 Å². The molecular weight excluding hydrogens is 386 g/mol. The molecule has 2 atom stereocenters. The van der Waals surface area contributed by atoms with Crippen LogP contribution >= 0.6 is 0 Å². The van der Waals surface area contributed by atoms with Gasteiger partial charge in [-0.25, -0.2) is 0 Å². The molecule has 0 radical (unpaired) electrons. The van der Waals surface area contributed by atoms with E-state index in [9.17, 15) is 9.59 Å². The van der Waals surface area contributed by atoms with Crippen LogP contribution in [0.2, 0.25) is 0 Å². The molecule has 1 fully saturated rings. The van der Waals surface area contributed by atoms with E-state index < -0.39 is 6.17 Å². The monoisotopic (exact) mass is 419 g/mol. The number of carbonyl (C=O) groups is 2. The van der Waals surface area contributed by atoms with Gasteiger partial charge in [0.05, 0.1) is 6.04 Å². The molecule has 164 valence electrons. The van der Waals surface area contributed by atoms with Gasteiger partial charge in [0.15, 0.2) is 6.17 Å². The molecule has 0 bridgehead atoms. The number of nitrogens with zero attached hydrogens (tertiary/aromatic N) is 2. The first-order valence-corrected chi connectivity index (χ1v) is 11.6. The maximum atomic E-state index is 13.7. The fourth-order valence-corrected chi connectivity index (χ4v) is 5.14. The van der Waals surface area contributed by atoms with Gasteiger partial charge < -0.3 is 10.2 Å². The Labute approximate surface area is 185 Å². The Balaban J connectivity index is 1.88. The minimum absolute atomic E-state index is 0.0622. The first-order chi connectivity index (χ1) is 15.1. The molecule has 2 aromatic carbocycles. The van der Waals surface area contributed by atoms with Gasteiger partial charge in [0.1, 0.15) is 0 Å². The number of anilines is 1. The van der Waals surface area contributed by atoms with Crippen LogP contribution in [-0.2, 0) is 9.59 Å². The highest BCUT2D eigenvalue weighted by Crippen LogP contribution is 2.42. The summed E-state index contributed by atoms with van der Waals surface area (Å²) in [7, 11) is 1.83. The van der Waals surface area contributed by atoms with Gasteiger partial charge in [-0.05, 0) is 36.5 Å². The lowest BCUT2D eigenvalue weighted by Gasteiger charge is -2.43. The van der Waals surface area contributed by atoms with Crippen molar-refractivity contribution >= 4 is 17.5 Å². The van der Waals surface area contributed by atoms with E-state index in [2.05, 4.69) is 40.5 Å². The summed E-state index contributed by atoms with van der Waals surface area (Å²) in [5.41, 5.74) is 3.18. The van der Waals surface area contributed by atoms with Crippen LogP contribution in [0, 0.1) is 0 Å². The molecule has 1 N–H and O–H groups in total. The maximum Gasteiger partial charge on any atom is 0.264 e. The Hall–Kier alpha value is -2.66. The molecule has 31 heavy (non-hydrogen) atoms. The SMILES string of the molecule is CCCC(=O)N[C@H]1C(=O)N(C)c2ccccc2C(c2ccccc2)N1C1CCCCC1. The smallest absolute Gasteiger partial charge is 0.264 e. The highest BCUT2D eigenvalue weighted by molar-refractivity contribution is 6.00. The molecule has 4 rings (SSSR count). The third-order valence-electron chi connectivity index (χ3n) is 6.64. The largest absolute Gasteiger partial charge is 0.332 e. The van der Waals surface area contributed by atoms with E-state index in [0.717, 1.165) is 48.9 Å². The van der Waals surface area contributed by atoms with Crippen molar-refractivity contribution in [2.45, 2.75) is 70.1 Å². The zero-order chi connectivity index (χ0) is 21.8. The zero-order valence-electron chi connectivity index (χ0n) is 18.6. The van der Waals surface area contributed by atoms with E-state index >= 15 is 0 Å². The van der Waals surface area contributed by atoms with Gasteiger partial charge in [-0.1, -0.05) is 74.7 Å². The minimum atomic E-state index is -0.676. The van der Waals surface area contributed by atoms with Crippen molar-refractivity contribution in [2.75, 3.05) is 11.9 Å². The van der Waals surface area contributed by atoms with Gasteiger partial charge in [-0.15, -0.1) is 0 Å². The molecular formula is C26H33N3O2. The summed E-state index contributed by atoms with van der Waals surface area (Å²) in [6.07, 6.45) is 6.14. The zero-order valence-corrected chi connectivity index (χ0v) is 18.6. The third-order valence-corrected chi connectivity index (χ3v) is 6.64. The number of carbonyl (C=O) groups excluding carboxylic acids is 2. The van der Waals surface area contributed by atoms with Crippen molar-refractivity contribution in [3.8, 4) is 0 Å². The molecule has 2 amide bonds. The number of hydrogen-bond acceptors (Lipinski definition) is 3. The van der Waals surface area contributed by atoms with Crippen LogP contribution in [0.25, 0.3) is 0 Å². The Morgan fingerprint density at radius 1 is 1.00 bits per heavy atom. The average Bonchev–Trinajstić information content (AvgIpc) is 2.89. The quantitative estimate of drug-likeness (QED) is 0.769. The summed E-state index contributed by atoms with van der Waals surface area (Å²) in [4.78, 5) is 30.5. The number of para-hydroxylation sites is 1. The standard InChI is InChI=1S/C26H33N3O2/c1-3-12-23(30)27-25-26(31)28(2)22-18-11-10-17-21(22)24(19-13-6-4-7-14-19)29(25)20-15-8-5-9-16-20/h4,6-7,10-11,13-14,17-18,20,24-25H,3,5,8-9,12,15-16H2,1-2H3,(H,27,30)/t24?,25-/m1/s1. The highest BCUT2D eigenvalue weighted by atomic mass is 16.2. The normalized spacial score (nSPS) is 22.6. The van der Waals surface area contributed by atoms with E-state index in [1.807, 2.05) is 38.2 Å². The van der Waals surface area contributed by atoms with Crippen molar-refractivity contribution in [1.82, 2.24) is 10.2 Å². The van der Waals surface area contributed by atoms with Gasteiger partial charge in [-0.2, -0.15) is 0 Å². The fraction of sp³-hybridized carbons (Fsp3) is 0.462. The molecule has 1 heterocycles. The predicted octanol–water partition coefficient (Wildman–Crippen LogP) is 4.63. The predicted molar refractivity (Wildman–Crippen MR) is 124 cm³/mol. The lowest BCUT2D eigenvalue weighted by molar-refractivity contribution is -0.133. The van der Waals surface area contributed by atoms with Gasteiger partial charge in [0.25, 0.3) is 5.91 Å². The number of amides is 2. The summed E-state index contributed by atoms with van der Waals surface area (Å²) in [5.74, 6) is -0.131. The Kier molecular flexibility index (Phi) is 6.71. The molecule has 0 aromatic heterocycles. The number of nitrogens with one attached hydrogen (secondary N) is 1. The number of likely N-dealkylation sites (N-methyl/N-ethyl adjacent to an activating group) is 1. The van der Waals surface area contributed by atoms with Crippen LogP contribution in [0.1, 0.15) is 69.0 Å². The van der Waals surface area contributed by atoms with Crippen molar-refractivity contribution in [3.63, 3.8) is 0 Å². The fourth-order valence-electron chi connectivity index (χ4n) is 5.14. The van der Waals surface area contributed by atoms with Gasteiger partial charge in [-0.3, -0.25) is 14.5 Å². The summed E-state index contributed by atoms with van der Waals surface area (Å²) in [6, 6.07) is 18.7. The van der Waals surface area contributed by atoms with E-state index in [4.69, 9.17) is 0 Å². The number of hydrogen-bond donors (Lipinski definition) is 1. The Bertz CT molecular complexity index is 908. The minimum Gasteiger partial charge on any atom is -0.332 e. The summed E-state index contributed by atoms with van der Waals surface area (Å²) < 4.78 is 0. The third kappa shape index (κ3) is 4.38. The van der Waals surface area contributed by atoms with Crippen molar-refractivity contribution in [2.24, 2.45) is 0 Å². The molecule has 1 saturated carbocycles.